The standard InChI is InChI=1S/C17H16F3N3O2S/c18-17(19,20)15(24)11-8-26-14-6-21-12(5-10(11)14)16(25)22-13-7-23-3-1-9(13)2-4-23/h5-6,8-9,13H,1-4,7H2,(H,22,25). The SMILES string of the molecule is O=C(NC1CN2CCC1CC2)c1cc2c(C(=O)C(F)(F)F)csc2cn1. The van der Waals surface area contributed by atoms with Crippen LogP contribution in [0.4, 0.5) is 13.2 Å². The van der Waals surface area contributed by atoms with Gasteiger partial charge in [0.2, 0.25) is 0 Å². The molecule has 1 atom stereocenters. The topological polar surface area (TPSA) is 62.3 Å². The van der Waals surface area contributed by atoms with Crippen molar-refractivity contribution in [3.05, 3.63) is 28.9 Å². The summed E-state index contributed by atoms with van der Waals surface area (Å²) in [4.78, 5) is 30.5. The molecule has 1 amide bonds. The Morgan fingerprint density at radius 2 is 2.00 bits per heavy atom. The first-order valence-electron chi connectivity index (χ1n) is 8.35. The zero-order valence-electron chi connectivity index (χ0n) is 13.7. The van der Waals surface area contributed by atoms with Crippen LogP contribution in [0.5, 0.6) is 0 Å². The summed E-state index contributed by atoms with van der Waals surface area (Å²) in [6, 6.07) is 1.31. The molecule has 3 aliphatic rings. The molecule has 2 aromatic rings. The zero-order valence-corrected chi connectivity index (χ0v) is 14.5. The van der Waals surface area contributed by atoms with E-state index in [-0.39, 0.29) is 17.1 Å². The van der Waals surface area contributed by atoms with Crippen LogP contribution >= 0.6 is 11.3 Å². The van der Waals surface area contributed by atoms with E-state index in [1.54, 1.807) is 0 Å². The van der Waals surface area contributed by atoms with Crippen LogP contribution in [0.1, 0.15) is 33.7 Å². The van der Waals surface area contributed by atoms with Crippen molar-refractivity contribution in [2.45, 2.75) is 25.1 Å². The van der Waals surface area contributed by atoms with Crippen LogP contribution in [-0.4, -0.2) is 53.4 Å². The molecule has 3 fully saturated rings. The van der Waals surface area contributed by atoms with Crippen molar-refractivity contribution in [1.82, 2.24) is 15.2 Å². The van der Waals surface area contributed by atoms with Crippen LogP contribution in [0.2, 0.25) is 0 Å². The number of halogens is 3. The van der Waals surface area contributed by atoms with E-state index in [1.165, 1.54) is 12.3 Å². The number of nitrogens with one attached hydrogen (secondary N) is 1. The third kappa shape index (κ3) is 3.09. The summed E-state index contributed by atoms with van der Waals surface area (Å²) in [6.07, 6.45) is -1.54. The summed E-state index contributed by atoms with van der Waals surface area (Å²) in [7, 11) is 0. The average molecular weight is 383 g/mol. The van der Waals surface area contributed by atoms with Gasteiger partial charge in [0.15, 0.2) is 0 Å². The summed E-state index contributed by atoms with van der Waals surface area (Å²) >= 11 is 1.00. The predicted octanol–water partition coefficient (Wildman–Crippen LogP) is 2.87. The van der Waals surface area contributed by atoms with Crippen LogP contribution < -0.4 is 5.32 Å². The maximum absolute atomic E-state index is 12.8. The summed E-state index contributed by atoms with van der Waals surface area (Å²) < 4.78 is 38.7. The van der Waals surface area contributed by atoms with Crippen molar-refractivity contribution in [3.63, 3.8) is 0 Å². The Balaban J connectivity index is 1.58. The summed E-state index contributed by atoms with van der Waals surface area (Å²) in [5.41, 5.74) is -0.402. The van der Waals surface area contributed by atoms with Gasteiger partial charge in [0.1, 0.15) is 5.69 Å². The van der Waals surface area contributed by atoms with Gasteiger partial charge in [-0.1, -0.05) is 0 Å². The van der Waals surface area contributed by atoms with Gasteiger partial charge in [-0.15, -0.1) is 11.3 Å². The molecule has 5 rings (SSSR count). The quantitative estimate of drug-likeness (QED) is 0.828. The number of Topliss-reactive ketones (excluding diaryl/α,β-unsaturated/α-hetero) is 1. The monoisotopic (exact) mass is 383 g/mol. The van der Waals surface area contributed by atoms with Gasteiger partial charge in [-0.3, -0.25) is 9.59 Å². The maximum Gasteiger partial charge on any atom is 0.454 e. The molecule has 2 aromatic heterocycles. The molecular formula is C17H16F3N3O2S. The minimum Gasteiger partial charge on any atom is -0.346 e. The van der Waals surface area contributed by atoms with Gasteiger partial charge >= 0.3 is 6.18 Å². The number of piperidine rings is 3. The van der Waals surface area contributed by atoms with Crippen LogP contribution in [0.3, 0.4) is 0 Å². The second-order valence-electron chi connectivity index (χ2n) is 6.76. The second-order valence-corrected chi connectivity index (χ2v) is 7.67. The zero-order chi connectivity index (χ0) is 18.5. The van der Waals surface area contributed by atoms with E-state index in [4.69, 9.17) is 0 Å². The molecule has 3 aliphatic heterocycles. The Morgan fingerprint density at radius 1 is 1.27 bits per heavy atom. The number of fused-ring (bicyclic) bond motifs is 4. The number of nitrogens with zero attached hydrogens (tertiary/aromatic N) is 2. The largest absolute Gasteiger partial charge is 0.454 e. The molecule has 9 heteroatoms. The van der Waals surface area contributed by atoms with E-state index in [9.17, 15) is 22.8 Å². The number of pyridine rings is 1. The Morgan fingerprint density at radius 3 is 2.62 bits per heavy atom. The average Bonchev–Trinajstić information content (AvgIpc) is 3.04. The number of ketones is 1. The first-order valence-corrected chi connectivity index (χ1v) is 9.23. The fraction of sp³-hybridized carbons (Fsp3) is 0.471. The smallest absolute Gasteiger partial charge is 0.346 e. The fourth-order valence-corrected chi connectivity index (χ4v) is 4.64. The fourth-order valence-electron chi connectivity index (χ4n) is 3.76. The highest BCUT2D eigenvalue weighted by molar-refractivity contribution is 7.17. The van der Waals surface area contributed by atoms with Gasteiger partial charge in [0, 0.05) is 35.1 Å². The Bertz CT molecular complexity index is 872. The van der Waals surface area contributed by atoms with Crippen molar-refractivity contribution >= 4 is 33.1 Å². The van der Waals surface area contributed by atoms with E-state index < -0.39 is 23.4 Å². The maximum atomic E-state index is 12.8. The number of carbonyl (C=O) groups is 2. The molecular weight excluding hydrogens is 367 g/mol. The molecule has 138 valence electrons. The number of alkyl halides is 3. The number of rotatable bonds is 3. The van der Waals surface area contributed by atoms with Gasteiger partial charge in [-0.05, 0) is 37.9 Å². The molecule has 0 saturated carbocycles. The summed E-state index contributed by atoms with van der Waals surface area (Å²) in [5.74, 6) is -1.89. The second kappa shape index (κ2) is 6.31. The van der Waals surface area contributed by atoms with Crippen LogP contribution in [0.25, 0.3) is 10.1 Å². The third-order valence-corrected chi connectivity index (χ3v) is 6.10. The Labute approximate surface area is 151 Å². The van der Waals surface area contributed by atoms with E-state index in [0.717, 1.165) is 49.2 Å². The van der Waals surface area contributed by atoms with Crippen LogP contribution in [-0.2, 0) is 0 Å². The number of hydrogen-bond acceptors (Lipinski definition) is 5. The minimum atomic E-state index is -4.95. The number of amides is 1. The molecule has 1 unspecified atom stereocenters. The molecule has 0 radical (unpaired) electrons. The number of hydrogen-bond donors (Lipinski definition) is 1. The van der Waals surface area contributed by atoms with Crippen LogP contribution in [0, 0.1) is 5.92 Å². The number of carbonyl (C=O) groups excluding carboxylic acids is 2. The molecule has 0 spiro atoms. The van der Waals surface area contributed by atoms with Gasteiger partial charge in [-0.2, -0.15) is 13.2 Å². The summed E-state index contributed by atoms with van der Waals surface area (Å²) in [5, 5.41) is 4.24. The molecule has 1 N–H and O–H groups in total. The van der Waals surface area contributed by atoms with E-state index in [0.29, 0.717) is 10.6 Å². The first-order chi connectivity index (χ1) is 12.3. The first kappa shape index (κ1) is 17.4. The lowest BCUT2D eigenvalue weighted by molar-refractivity contribution is -0.0883. The lowest BCUT2D eigenvalue weighted by atomic mass is 9.84. The molecule has 3 saturated heterocycles. The molecule has 0 aromatic carbocycles. The molecule has 26 heavy (non-hydrogen) atoms. The van der Waals surface area contributed by atoms with E-state index in [2.05, 4.69) is 15.2 Å². The lowest BCUT2D eigenvalue weighted by Crippen LogP contribution is -2.57. The van der Waals surface area contributed by atoms with Gasteiger partial charge < -0.3 is 10.2 Å². The minimum absolute atomic E-state index is 0.0289. The number of aromatic nitrogens is 1. The Kier molecular flexibility index (Phi) is 4.23. The van der Waals surface area contributed by atoms with Crippen molar-refractivity contribution in [3.8, 4) is 0 Å². The van der Waals surface area contributed by atoms with Gasteiger partial charge in [0.25, 0.3) is 11.7 Å². The van der Waals surface area contributed by atoms with E-state index in [1.807, 2.05) is 0 Å². The van der Waals surface area contributed by atoms with Crippen LogP contribution in [0.15, 0.2) is 17.6 Å². The predicted molar refractivity (Wildman–Crippen MR) is 90.4 cm³/mol. The summed E-state index contributed by atoms with van der Waals surface area (Å²) in [6.45, 7) is 2.87. The molecule has 0 aliphatic carbocycles. The molecule has 5 nitrogen and oxygen atoms in total. The highest BCUT2D eigenvalue weighted by Gasteiger charge is 2.40. The third-order valence-electron chi connectivity index (χ3n) is 5.17. The van der Waals surface area contributed by atoms with Crippen molar-refractivity contribution < 1.29 is 22.8 Å². The van der Waals surface area contributed by atoms with E-state index >= 15 is 0 Å². The van der Waals surface area contributed by atoms with Crippen molar-refractivity contribution in [1.29, 1.82) is 0 Å². The highest BCUT2D eigenvalue weighted by atomic mass is 32.1. The highest BCUT2D eigenvalue weighted by Crippen LogP contribution is 2.32. The number of thiophene rings is 1. The molecule has 2 bridgehead atoms. The normalized spacial score (nSPS) is 25.4. The molecule has 5 heterocycles. The lowest BCUT2D eigenvalue weighted by Gasteiger charge is -2.44. The van der Waals surface area contributed by atoms with Gasteiger partial charge in [0.05, 0.1) is 4.70 Å². The van der Waals surface area contributed by atoms with Gasteiger partial charge in [-0.25, -0.2) is 4.98 Å². The Hall–Kier alpha value is -2.00. The van der Waals surface area contributed by atoms with Crippen molar-refractivity contribution in [2.75, 3.05) is 19.6 Å². The van der Waals surface area contributed by atoms with Crippen molar-refractivity contribution in [2.24, 2.45) is 5.92 Å².